The monoisotopic (exact) mass is 181 g/mol. The number of nitrogens with zero attached hydrogens (tertiary/aromatic N) is 3. The summed E-state index contributed by atoms with van der Waals surface area (Å²) < 4.78 is 0. The molecule has 0 spiro atoms. The van der Waals surface area contributed by atoms with Gasteiger partial charge in [-0.1, -0.05) is 13.3 Å². The van der Waals surface area contributed by atoms with E-state index >= 15 is 0 Å². The molecule has 0 aromatic heterocycles. The van der Waals surface area contributed by atoms with Crippen LogP contribution < -0.4 is 0 Å². The van der Waals surface area contributed by atoms with Crippen LogP contribution in [0.15, 0.2) is 12.4 Å². The lowest BCUT2D eigenvalue weighted by molar-refractivity contribution is 0.293. The number of nitriles is 1. The molecule has 0 fully saturated rings. The third-order valence-corrected chi connectivity index (χ3v) is 1.74. The second-order valence-corrected chi connectivity index (χ2v) is 3.09. The summed E-state index contributed by atoms with van der Waals surface area (Å²) in [6.45, 7) is 5.93. The Morgan fingerprint density at radius 3 is 2.46 bits per heavy atom. The summed E-state index contributed by atoms with van der Waals surface area (Å²) in [5.74, 6) is 0. The molecule has 3 heteroatoms. The van der Waals surface area contributed by atoms with Gasteiger partial charge in [-0.25, -0.2) is 0 Å². The second kappa shape index (κ2) is 7.48. The van der Waals surface area contributed by atoms with Gasteiger partial charge >= 0.3 is 0 Å². The molecule has 1 rings (SSSR count). The molecule has 0 aliphatic carbocycles. The van der Waals surface area contributed by atoms with E-state index in [-0.39, 0.29) is 0 Å². The Hall–Kier alpha value is -1.17. The van der Waals surface area contributed by atoms with Crippen LogP contribution in [0.4, 0.5) is 0 Å². The molecule has 13 heavy (non-hydrogen) atoms. The second-order valence-electron chi connectivity index (χ2n) is 3.09. The molecular weight excluding hydrogens is 162 g/mol. The van der Waals surface area contributed by atoms with Crippen molar-refractivity contribution < 1.29 is 0 Å². The van der Waals surface area contributed by atoms with Crippen molar-refractivity contribution in [3.63, 3.8) is 0 Å². The van der Waals surface area contributed by atoms with Crippen LogP contribution in [0.25, 0.3) is 0 Å². The minimum Gasteiger partial charge on any atom is -0.362 e. The number of hydrogen-bond donors (Lipinski definition) is 0. The molecule has 0 bridgehead atoms. The molecule has 0 radical (unpaired) electrons. The van der Waals surface area contributed by atoms with Crippen LogP contribution in [-0.2, 0) is 0 Å². The average molecular weight is 181 g/mol. The van der Waals surface area contributed by atoms with E-state index in [4.69, 9.17) is 5.26 Å². The van der Waals surface area contributed by atoms with Crippen molar-refractivity contribution in [2.75, 3.05) is 20.3 Å². The van der Waals surface area contributed by atoms with Gasteiger partial charge in [-0.05, 0) is 6.42 Å². The minimum atomic E-state index is 1.07. The van der Waals surface area contributed by atoms with E-state index in [1.165, 1.54) is 26.3 Å². The SMILES string of the molecule is CC#N.CCCCN1C=CN(C)C1. The zero-order chi connectivity index (χ0) is 10.1. The maximum Gasteiger partial charge on any atom is 0.0890 e. The van der Waals surface area contributed by atoms with Crippen molar-refractivity contribution >= 4 is 0 Å². The van der Waals surface area contributed by atoms with Gasteiger partial charge in [-0.15, -0.1) is 0 Å². The molecule has 0 aromatic rings. The number of rotatable bonds is 3. The van der Waals surface area contributed by atoms with Gasteiger partial charge in [0, 0.05) is 32.9 Å². The first-order chi connectivity index (χ1) is 6.24. The van der Waals surface area contributed by atoms with Crippen molar-refractivity contribution in [1.82, 2.24) is 9.80 Å². The average Bonchev–Trinajstić information content (AvgIpc) is 2.49. The van der Waals surface area contributed by atoms with Gasteiger partial charge < -0.3 is 9.80 Å². The Balaban J connectivity index is 0.000000424. The third kappa shape index (κ3) is 6.03. The maximum absolute atomic E-state index is 7.32. The van der Waals surface area contributed by atoms with E-state index in [1.54, 1.807) is 6.07 Å². The highest BCUT2D eigenvalue weighted by Gasteiger charge is 2.05. The Morgan fingerprint density at radius 2 is 2.08 bits per heavy atom. The van der Waals surface area contributed by atoms with Crippen molar-refractivity contribution in [3.05, 3.63) is 12.4 Å². The fourth-order valence-electron chi connectivity index (χ4n) is 1.10. The lowest BCUT2D eigenvalue weighted by atomic mass is 10.3. The normalized spacial score (nSPS) is 13.7. The van der Waals surface area contributed by atoms with Crippen molar-refractivity contribution in [3.8, 4) is 6.07 Å². The Bertz CT molecular complexity index is 181. The van der Waals surface area contributed by atoms with Crippen LogP contribution in [-0.4, -0.2) is 30.1 Å². The summed E-state index contributed by atoms with van der Waals surface area (Å²) in [7, 11) is 2.10. The van der Waals surface area contributed by atoms with Gasteiger partial charge in [0.1, 0.15) is 0 Å². The molecule has 1 heterocycles. The molecule has 1 aliphatic heterocycles. The minimum absolute atomic E-state index is 1.07. The first-order valence-corrected chi connectivity index (χ1v) is 4.68. The lowest BCUT2D eigenvalue weighted by Gasteiger charge is -2.17. The topological polar surface area (TPSA) is 30.3 Å². The van der Waals surface area contributed by atoms with Gasteiger partial charge in [0.05, 0.1) is 12.7 Å². The standard InChI is InChI=1S/C8H16N2.C2H3N/c1-3-4-5-10-7-6-9(2)8-10;1-2-3/h6-7H,3-5,8H2,1-2H3;1H3. The predicted octanol–water partition coefficient (Wildman–Crippen LogP) is 1.99. The van der Waals surface area contributed by atoms with Gasteiger partial charge in [0.15, 0.2) is 0 Å². The summed E-state index contributed by atoms with van der Waals surface area (Å²) in [5, 5.41) is 7.32. The number of unbranched alkanes of at least 4 members (excludes halogenated alkanes) is 1. The van der Waals surface area contributed by atoms with Crippen LogP contribution in [0.5, 0.6) is 0 Å². The van der Waals surface area contributed by atoms with E-state index in [2.05, 4.69) is 36.2 Å². The molecule has 0 aromatic carbocycles. The van der Waals surface area contributed by atoms with E-state index < -0.39 is 0 Å². The summed E-state index contributed by atoms with van der Waals surface area (Å²) in [6, 6.07) is 1.75. The summed E-state index contributed by atoms with van der Waals surface area (Å²) in [6.07, 6.45) is 6.87. The van der Waals surface area contributed by atoms with Crippen LogP contribution in [0.3, 0.4) is 0 Å². The van der Waals surface area contributed by atoms with Crippen LogP contribution in [0, 0.1) is 11.3 Å². The molecule has 0 atom stereocenters. The Morgan fingerprint density at radius 1 is 1.46 bits per heavy atom. The highest BCUT2D eigenvalue weighted by atomic mass is 15.3. The molecule has 74 valence electrons. The molecule has 0 N–H and O–H groups in total. The zero-order valence-corrected chi connectivity index (χ0v) is 8.82. The molecule has 0 saturated heterocycles. The quantitative estimate of drug-likeness (QED) is 0.667. The fourth-order valence-corrected chi connectivity index (χ4v) is 1.10. The van der Waals surface area contributed by atoms with Gasteiger partial charge in [-0.3, -0.25) is 0 Å². The zero-order valence-electron chi connectivity index (χ0n) is 8.82. The smallest absolute Gasteiger partial charge is 0.0890 e. The van der Waals surface area contributed by atoms with E-state index in [9.17, 15) is 0 Å². The Kier molecular flexibility index (Phi) is 6.80. The van der Waals surface area contributed by atoms with E-state index in [0.717, 1.165) is 6.67 Å². The van der Waals surface area contributed by atoms with Crippen molar-refractivity contribution in [2.24, 2.45) is 0 Å². The van der Waals surface area contributed by atoms with E-state index in [0.29, 0.717) is 0 Å². The van der Waals surface area contributed by atoms with Crippen LogP contribution in [0.2, 0.25) is 0 Å². The van der Waals surface area contributed by atoms with Gasteiger partial charge in [0.25, 0.3) is 0 Å². The van der Waals surface area contributed by atoms with Crippen LogP contribution >= 0.6 is 0 Å². The largest absolute Gasteiger partial charge is 0.362 e. The Labute approximate surface area is 81.2 Å². The highest BCUT2D eigenvalue weighted by Crippen LogP contribution is 2.04. The summed E-state index contributed by atoms with van der Waals surface area (Å²) in [4.78, 5) is 4.53. The first-order valence-electron chi connectivity index (χ1n) is 4.68. The van der Waals surface area contributed by atoms with Crippen molar-refractivity contribution in [1.29, 1.82) is 5.26 Å². The molecule has 3 nitrogen and oxygen atoms in total. The highest BCUT2D eigenvalue weighted by molar-refractivity contribution is 4.88. The molecule has 0 unspecified atom stereocenters. The molecular formula is C10H19N3. The fraction of sp³-hybridized carbons (Fsp3) is 0.700. The third-order valence-electron chi connectivity index (χ3n) is 1.74. The first kappa shape index (κ1) is 11.8. The maximum atomic E-state index is 7.32. The lowest BCUT2D eigenvalue weighted by Crippen LogP contribution is -2.23. The molecule has 0 amide bonds. The van der Waals surface area contributed by atoms with Gasteiger partial charge in [-0.2, -0.15) is 5.26 Å². The van der Waals surface area contributed by atoms with Gasteiger partial charge in [0.2, 0.25) is 0 Å². The molecule has 1 aliphatic rings. The predicted molar refractivity (Wildman–Crippen MR) is 54.7 cm³/mol. The number of hydrogen-bond acceptors (Lipinski definition) is 3. The van der Waals surface area contributed by atoms with Crippen LogP contribution in [0.1, 0.15) is 26.7 Å². The van der Waals surface area contributed by atoms with Crippen molar-refractivity contribution in [2.45, 2.75) is 26.7 Å². The summed E-state index contributed by atoms with van der Waals surface area (Å²) >= 11 is 0. The molecule has 0 saturated carbocycles. The summed E-state index contributed by atoms with van der Waals surface area (Å²) in [5.41, 5.74) is 0. The van der Waals surface area contributed by atoms with E-state index in [1.807, 2.05) is 0 Å².